The van der Waals surface area contributed by atoms with Crippen molar-refractivity contribution in [3.05, 3.63) is 35.4 Å². The monoisotopic (exact) mass is 330 g/mol. The van der Waals surface area contributed by atoms with E-state index in [1.807, 2.05) is 13.8 Å². The summed E-state index contributed by atoms with van der Waals surface area (Å²) in [5.74, 6) is 1.03. The molecule has 1 saturated heterocycles. The molecule has 2 rings (SSSR count). The van der Waals surface area contributed by atoms with Crippen molar-refractivity contribution in [3.8, 4) is 0 Å². The summed E-state index contributed by atoms with van der Waals surface area (Å²) in [4.78, 5) is 14.1. The largest absolute Gasteiger partial charge is 0.356 e. The Labute approximate surface area is 147 Å². The first-order chi connectivity index (χ1) is 11.5. The summed E-state index contributed by atoms with van der Waals surface area (Å²) < 4.78 is 0. The van der Waals surface area contributed by atoms with Gasteiger partial charge in [-0.3, -0.25) is 4.79 Å². The fourth-order valence-electron chi connectivity index (χ4n) is 3.38. The van der Waals surface area contributed by atoms with Gasteiger partial charge in [0.15, 0.2) is 0 Å². The van der Waals surface area contributed by atoms with Crippen LogP contribution in [0.25, 0.3) is 0 Å². The third-order valence-corrected chi connectivity index (χ3v) is 5.16. The maximum atomic E-state index is 11.6. The SMILES string of the molecule is CC(C)C(=O)NCCc1ccc(CC2CCN(C(C)C)CC2)cc1. The van der Waals surface area contributed by atoms with Crippen LogP contribution in [-0.4, -0.2) is 36.5 Å². The Hall–Kier alpha value is -1.35. The van der Waals surface area contributed by atoms with Gasteiger partial charge < -0.3 is 10.2 Å². The average molecular weight is 331 g/mol. The van der Waals surface area contributed by atoms with Crippen LogP contribution in [0.5, 0.6) is 0 Å². The fourth-order valence-corrected chi connectivity index (χ4v) is 3.38. The summed E-state index contributed by atoms with van der Waals surface area (Å²) in [5.41, 5.74) is 2.75. The zero-order chi connectivity index (χ0) is 17.5. The number of likely N-dealkylation sites (tertiary alicyclic amines) is 1. The Morgan fingerprint density at radius 3 is 2.21 bits per heavy atom. The Morgan fingerprint density at radius 2 is 1.67 bits per heavy atom. The zero-order valence-corrected chi connectivity index (χ0v) is 15.8. The van der Waals surface area contributed by atoms with Crippen LogP contribution in [0.15, 0.2) is 24.3 Å². The van der Waals surface area contributed by atoms with Crippen molar-refractivity contribution in [2.75, 3.05) is 19.6 Å². The van der Waals surface area contributed by atoms with Crippen molar-refractivity contribution in [2.24, 2.45) is 11.8 Å². The van der Waals surface area contributed by atoms with Gasteiger partial charge in [-0.05, 0) is 69.7 Å². The third-order valence-electron chi connectivity index (χ3n) is 5.16. The minimum Gasteiger partial charge on any atom is -0.356 e. The van der Waals surface area contributed by atoms with Crippen LogP contribution in [0, 0.1) is 11.8 Å². The minimum absolute atomic E-state index is 0.0643. The number of hydrogen-bond acceptors (Lipinski definition) is 2. The summed E-state index contributed by atoms with van der Waals surface area (Å²) in [7, 11) is 0. The summed E-state index contributed by atoms with van der Waals surface area (Å²) in [5, 5.41) is 2.98. The summed E-state index contributed by atoms with van der Waals surface area (Å²) >= 11 is 0. The zero-order valence-electron chi connectivity index (χ0n) is 15.8. The van der Waals surface area contributed by atoms with Gasteiger partial charge in [0.1, 0.15) is 0 Å². The third kappa shape index (κ3) is 5.94. The lowest BCUT2D eigenvalue weighted by Gasteiger charge is -2.34. The molecule has 1 aromatic rings. The first-order valence-corrected chi connectivity index (χ1v) is 9.55. The van der Waals surface area contributed by atoms with E-state index < -0.39 is 0 Å². The molecule has 24 heavy (non-hydrogen) atoms. The van der Waals surface area contributed by atoms with Gasteiger partial charge in [-0.2, -0.15) is 0 Å². The molecule has 0 aliphatic carbocycles. The second-order valence-corrected chi connectivity index (χ2v) is 7.79. The molecule has 0 spiro atoms. The Morgan fingerprint density at radius 1 is 1.08 bits per heavy atom. The van der Waals surface area contributed by atoms with Crippen molar-refractivity contribution in [1.82, 2.24) is 10.2 Å². The molecule has 0 radical (unpaired) electrons. The van der Waals surface area contributed by atoms with Crippen molar-refractivity contribution in [1.29, 1.82) is 0 Å². The van der Waals surface area contributed by atoms with Crippen molar-refractivity contribution in [3.63, 3.8) is 0 Å². The van der Waals surface area contributed by atoms with Gasteiger partial charge in [-0.25, -0.2) is 0 Å². The van der Waals surface area contributed by atoms with E-state index in [4.69, 9.17) is 0 Å². The number of rotatable bonds is 7. The van der Waals surface area contributed by atoms with Gasteiger partial charge in [0.25, 0.3) is 0 Å². The minimum atomic E-state index is 0.0643. The molecule has 0 saturated carbocycles. The Bertz CT molecular complexity index is 499. The van der Waals surface area contributed by atoms with Gasteiger partial charge in [0.2, 0.25) is 5.91 Å². The van der Waals surface area contributed by atoms with Gasteiger partial charge in [0.05, 0.1) is 0 Å². The van der Waals surface area contributed by atoms with E-state index in [1.165, 1.54) is 43.5 Å². The predicted molar refractivity (Wildman–Crippen MR) is 101 cm³/mol. The number of carbonyl (C=O) groups excluding carboxylic acids is 1. The van der Waals surface area contributed by atoms with Gasteiger partial charge in [-0.1, -0.05) is 38.1 Å². The number of nitrogens with zero attached hydrogens (tertiary/aromatic N) is 1. The van der Waals surface area contributed by atoms with Crippen molar-refractivity contribution >= 4 is 5.91 Å². The van der Waals surface area contributed by atoms with Crippen molar-refractivity contribution < 1.29 is 4.79 Å². The van der Waals surface area contributed by atoms with E-state index in [2.05, 4.69) is 48.3 Å². The van der Waals surface area contributed by atoms with E-state index in [0.29, 0.717) is 6.04 Å². The molecule has 1 N–H and O–H groups in total. The lowest BCUT2D eigenvalue weighted by molar-refractivity contribution is -0.123. The molecule has 0 bridgehead atoms. The van der Waals surface area contributed by atoms with Crippen LogP contribution < -0.4 is 5.32 Å². The summed E-state index contributed by atoms with van der Waals surface area (Å²) in [6, 6.07) is 9.67. The van der Waals surface area contributed by atoms with Crippen LogP contribution in [0.2, 0.25) is 0 Å². The quantitative estimate of drug-likeness (QED) is 0.827. The van der Waals surface area contributed by atoms with Gasteiger partial charge in [0, 0.05) is 18.5 Å². The molecular formula is C21H34N2O. The van der Waals surface area contributed by atoms with Gasteiger partial charge >= 0.3 is 0 Å². The molecule has 134 valence electrons. The van der Waals surface area contributed by atoms with E-state index in [9.17, 15) is 4.79 Å². The number of nitrogens with one attached hydrogen (secondary N) is 1. The number of carbonyl (C=O) groups is 1. The van der Waals surface area contributed by atoms with Gasteiger partial charge in [-0.15, -0.1) is 0 Å². The maximum Gasteiger partial charge on any atom is 0.222 e. The molecule has 1 heterocycles. The van der Waals surface area contributed by atoms with Crippen LogP contribution in [0.1, 0.15) is 51.7 Å². The van der Waals surface area contributed by atoms with E-state index in [0.717, 1.165) is 18.9 Å². The Balaban J connectivity index is 1.73. The first kappa shape index (κ1) is 19.0. The van der Waals surface area contributed by atoms with Crippen LogP contribution in [-0.2, 0) is 17.6 Å². The number of piperidine rings is 1. The highest BCUT2D eigenvalue weighted by molar-refractivity contribution is 5.77. The van der Waals surface area contributed by atoms with Crippen LogP contribution >= 0.6 is 0 Å². The Kier molecular flexibility index (Phi) is 7.29. The molecule has 1 aliphatic heterocycles. The highest BCUT2D eigenvalue weighted by Gasteiger charge is 2.20. The first-order valence-electron chi connectivity index (χ1n) is 9.55. The summed E-state index contributed by atoms with van der Waals surface area (Å²) in [6.45, 7) is 11.7. The molecule has 1 amide bonds. The second kappa shape index (κ2) is 9.22. The molecule has 0 unspecified atom stereocenters. The normalized spacial score (nSPS) is 16.8. The lowest BCUT2D eigenvalue weighted by Crippen LogP contribution is -2.38. The number of hydrogen-bond donors (Lipinski definition) is 1. The molecule has 3 nitrogen and oxygen atoms in total. The lowest BCUT2D eigenvalue weighted by atomic mass is 9.89. The molecule has 1 fully saturated rings. The predicted octanol–water partition coefficient (Wildman–Crippen LogP) is 3.66. The number of amides is 1. The van der Waals surface area contributed by atoms with Crippen molar-refractivity contribution in [2.45, 2.75) is 59.4 Å². The van der Waals surface area contributed by atoms with E-state index in [1.54, 1.807) is 0 Å². The van der Waals surface area contributed by atoms with Crippen LogP contribution in [0.3, 0.4) is 0 Å². The fraction of sp³-hybridized carbons (Fsp3) is 0.667. The van der Waals surface area contributed by atoms with E-state index >= 15 is 0 Å². The highest BCUT2D eigenvalue weighted by atomic mass is 16.1. The molecule has 1 aliphatic rings. The second-order valence-electron chi connectivity index (χ2n) is 7.79. The maximum absolute atomic E-state index is 11.6. The smallest absolute Gasteiger partial charge is 0.222 e. The molecule has 1 aromatic carbocycles. The number of benzene rings is 1. The summed E-state index contributed by atoms with van der Waals surface area (Å²) in [6.07, 6.45) is 4.75. The highest BCUT2D eigenvalue weighted by Crippen LogP contribution is 2.23. The van der Waals surface area contributed by atoms with Crippen LogP contribution in [0.4, 0.5) is 0 Å². The average Bonchev–Trinajstić information content (AvgIpc) is 2.56. The topological polar surface area (TPSA) is 32.3 Å². The molecular weight excluding hydrogens is 296 g/mol. The standard InChI is InChI=1S/C21H34N2O/c1-16(2)21(24)22-12-9-18-5-7-19(8-6-18)15-20-10-13-23(14-11-20)17(3)4/h5-8,16-17,20H,9-15H2,1-4H3,(H,22,24). The molecule has 0 aromatic heterocycles. The molecule has 0 atom stereocenters. The molecule has 3 heteroatoms. The van der Waals surface area contributed by atoms with E-state index in [-0.39, 0.29) is 11.8 Å².